The Hall–Kier alpha value is -1.43. The minimum Gasteiger partial charge on any atom is -0.439 e. The fourth-order valence-electron chi connectivity index (χ4n) is 1.58. The summed E-state index contributed by atoms with van der Waals surface area (Å²) in [6.07, 6.45) is 1.54. The summed E-state index contributed by atoms with van der Waals surface area (Å²) in [6, 6.07) is 4.57. The van der Waals surface area contributed by atoms with Crippen LogP contribution < -0.4 is 5.32 Å². The number of aromatic nitrogens is 1. The third-order valence-electron chi connectivity index (χ3n) is 2.53. The van der Waals surface area contributed by atoms with Crippen molar-refractivity contribution in [1.29, 1.82) is 0 Å². The molecule has 1 N–H and O–H groups in total. The number of halogens is 2. The lowest BCUT2D eigenvalue weighted by Crippen LogP contribution is -2.18. The maximum atomic E-state index is 13.3. The van der Waals surface area contributed by atoms with Gasteiger partial charge in [-0.2, -0.15) is 0 Å². The van der Waals surface area contributed by atoms with Gasteiger partial charge in [-0.05, 0) is 12.1 Å². The van der Waals surface area contributed by atoms with Gasteiger partial charge in [0.15, 0.2) is 5.76 Å². The fraction of sp³-hybridized carbons (Fsp3) is 0.308. The van der Waals surface area contributed by atoms with Crippen LogP contribution in [-0.2, 0) is 11.3 Å². The van der Waals surface area contributed by atoms with E-state index < -0.39 is 5.82 Å². The second-order valence-electron chi connectivity index (χ2n) is 3.89. The van der Waals surface area contributed by atoms with Gasteiger partial charge in [-0.15, -0.1) is 0 Å². The number of nitrogens with one attached hydrogen (secondary N) is 1. The minimum atomic E-state index is -0.477. The van der Waals surface area contributed by atoms with Crippen molar-refractivity contribution in [3.63, 3.8) is 0 Å². The molecule has 0 saturated carbocycles. The monoisotopic (exact) mass is 284 g/mol. The van der Waals surface area contributed by atoms with Crippen LogP contribution in [0.1, 0.15) is 5.89 Å². The summed E-state index contributed by atoms with van der Waals surface area (Å²) in [6.45, 7) is 1.80. The third-order valence-corrected chi connectivity index (χ3v) is 2.91. The Bertz CT molecular complexity index is 545. The van der Waals surface area contributed by atoms with Crippen LogP contribution in [-0.4, -0.2) is 25.2 Å². The van der Waals surface area contributed by atoms with Crippen molar-refractivity contribution in [2.24, 2.45) is 0 Å². The molecule has 2 aromatic rings. The molecule has 0 saturated heterocycles. The predicted octanol–water partition coefficient (Wildman–Crippen LogP) is 2.87. The maximum Gasteiger partial charge on any atom is 0.208 e. The van der Waals surface area contributed by atoms with Gasteiger partial charge in [-0.25, -0.2) is 9.37 Å². The summed E-state index contributed by atoms with van der Waals surface area (Å²) in [4.78, 5) is 4.11. The van der Waals surface area contributed by atoms with E-state index in [0.29, 0.717) is 36.9 Å². The lowest BCUT2D eigenvalue weighted by atomic mass is 10.2. The SMILES string of the molecule is COCCNCc1ncc(-c2cccc(F)c2Cl)o1. The van der Waals surface area contributed by atoms with Gasteiger partial charge in [0.1, 0.15) is 5.82 Å². The molecule has 2 rings (SSSR count). The second-order valence-corrected chi connectivity index (χ2v) is 4.27. The van der Waals surface area contributed by atoms with Crippen LogP contribution >= 0.6 is 11.6 Å². The van der Waals surface area contributed by atoms with Crippen LogP contribution in [0.15, 0.2) is 28.8 Å². The van der Waals surface area contributed by atoms with Crippen molar-refractivity contribution in [1.82, 2.24) is 10.3 Å². The lowest BCUT2D eigenvalue weighted by Gasteiger charge is -2.01. The number of hydrogen-bond acceptors (Lipinski definition) is 4. The molecule has 0 bridgehead atoms. The average molecular weight is 285 g/mol. The number of methoxy groups -OCH3 is 1. The summed E-state index contributed by atoms with van der Waals surface area (Å²) >= 11 is 5.89. The van der Waals surface area contributed by atoms with Gasteiger partial charge in [0.2, 0.25) is 5.89 Å². The Morgan fingerprint density at radius 2 is 2.32 bits per heavy atom. The molecule has 1 aromatic carbocycles. The summed E-state index contributed by atoms with van der Waals surface area (Å²) in [5, 5.41) is 3.14. The molecule has 0 aliphatic heterocycles. The first kappa shape index (κ1) is 14.0. The van der Waals surface area contributed by atoms with E-state index in [1.54, 1.807) is 19.2 Å². The van der Waals surface area contributed by atoms with Crippen LogP contribution in [0, 0.1) is 5.82 Å². The van der Waals surface area contributed by atoms with E-state index in [-0.39, 0.29) is 5.02 Å². The molecule has 0 atom stereocenters. The van der Waals surface area contributed by atoms with Crippen LogP contribution in [0.5, 0.6) is 0 Å². The maximum absolute atomic E-state index is 13.3. The number of ether oxygens (including phenoxy) is 1. The van der Waals surface area contributed by atoms with E-state index >= 15 is 0 Å². The highest BCUT2D eigenvalue weighted by Gasteiger charge is 2.12. The highest BCUT2D eigenvalue weighted by atomic mass is 35.5. The zero-order valence-electron chi connectivity index (χ0n) is 10.5. The summed E-state index contributed by atoms with van der Waals surface area (Å²) in [7, 11) is 1.64. The van der Waals surface area contributed by atoms with E-state index in [2.05, 4.69) is 10.3 Å². The van der Waals surface area contributed by atoms with Crippen molar-refractivity contribution in [3.05, 3.63) is 41.1 Å². The quantitative estimate of drug-likeness (QED) is 0.829. The lowest BCUT2D eigenvalue weighted by molar-refractivity contribution is 0.198. The van der Waals surface area contributed by atoms with Gasteiger partial charge in [0.25, 0.3) is 0 Å². The van der Waals surface area contributed by atoms with Gasteiger partial charge in [-0.1, -0.05) is 17.7 Å². The molecule has 1 aromatic heterocycles. The Kier molecular flexibility index (Phi) is 4.90. The molecule has 0 aliphatic rings. The molecule has 0 spiro atoms. The molecule has 0 fully saturated rings. The third kappa shape index (κ3) is 3.53. The summed E-state index contributed by atoms with van der Waals surface area (Å²) in [5.74, 6) is 0.495. The first-order chi connectivity index (χ1) is 9.22. The molecule has 0 radical (unpaired) electrons. The number of nitrogens with zero attached hydrogens (tertiary/aromatic N) is 1. The van der Waals surface area contributed by atoms with Crippen molar-refractivity contribution in [3.8, 4) is 11.3 Å². The van der Waals surface area contributed by atoms with Gasteiger partial charge in [0, 0.05) is 19.2 Å². The van der Waals surface area contributed by atoms with E-state index in [1.807, 2.05) is 0 Å². The molecule has 0 amide bonds. The molecular formula is C13H14ClFN2O2. The zero-order chi connectivity index (χ0) is 13.7. The van der Waals surface area contributed by atoms with Gasteiger partial charge >= 0.3 is 0 Å². The van der Waals surface area contributed by atoms with Crippen LogP contribution in [0.3, 0.4) is 0 Å². The Morgan fingerprint density at radius 3 is 3.11 bits per heavy atom. The summed E-state index contributed by atoms with van der Waals surface area (Å²) in [5.41, 5.74) is 0.498. The molecule has 19 heavy (non-hydrogen) atoms. The highest BCUT2D eigenvalue weighted by Crippen LogP contribution is 2.30. The number of benzene rings is 1. The molecule has 0 unspecified atom stereocenters. The Labute approximate surface area is 115 Å². The second kappa shape index (κ2) is 6.65. The first-order valence-electron chi connectivity index (χ1n) is 5.81. The minimum absolute atomic E-state index is 0.0394. The summed E-state index contributed by atoms with van der Waals surface area (Å²) < 4.78 is 23.8. The molecule has 0 aliphatic carbocycles. The topological polar surface area (TPSA) is 47.3 Å². The van der Waals surface area contributed by atoms with Crippen molar-refractivity contribution in [2.75, 3.05) is 20.3 Å². The smallest absolute Gasteiger partial charge is 0.208 e. The largest absolute Gasteiger partial charge is 0.439 e. The van der Waals surface area contributed by atoms with Crippen molar-refractivity contribution < 1.29 is 13.5 Å². The van der Waals surface area contributed by atoms with Gasteiger partial charge in [-0.3, -0.25) is 0 Å². The average Bonchev–Trinajstić information content (AvgIpc) is 2.87. The van der Waals surface area contributed by atoms with Gasteiger partial charge < -0.3 is 14.5 Å². The molecule has 102 valence electrons. The van der Waals surface area contributed by atoms with E-state index in [0.717, 1.165) is 0 Å². The Morgan fingerprint density at radius 1 is 1.47 bits per heavy atom. The fourth-order valence-corrected chi connectivity index (χ4v) is 1.80. The van der Waals surface area contributed by atoms with Crippen molar-refractivity contribution >= 4 is 11.6 Å². The molecule has 4 nitrogen and oxygen atoms in total. The van der Waals surface area contributed by atoms with Crippen LogP contribution in [0.25, 0.3) is 11.3 Å². The molecule has 1 heterocycles. The molecule has 6 heteroatoms. The first-order valence-corrected chi connectivity index (χ1v) is 6.19. The normalized spacial score (nSPS) is 10.9. The zero-order valence-corrected chi connectivity index (χ0v) is 11.2. The predicted molar refractivity (Wildman–Crippen MR) is 70.5 cm³/mol. The van der Waals surface area contributed by atoms with Crippen LogP contribution in [0.4, 0.5) is 4.39 Å². The van der Waals surface area contributed by atoms with E-state index in [1.165, 1.54) is 12.3 Å². The van der Waals surface area contributed by atoms with Gasteiger partial charge in [0.05, 0.1) is 24.4 Å². The standard InChI is InChI=1S/C13H14ClFN2O2/c1-18-6-5-16-8-12-17-7-11(19-12)9-3-2-4-10(15)13(9)14/h2-4,7,16H,5-6,8H2,1H3. The highest BCUT2D eigenvalue weighted by molar-refractivity contribution is 6.33. The number of hydrogen-bond donors (Lipinski definition) is 1. The number of rotatable bonds is 6. The molecular weight excluding hydrogens is 271 g/mol. The Balaban J connectivity index is 2.06. The van der Waals surface area contributed by atoms with Crippen molar-refractivity contribution in [2.45, 2.75) is 6.54 Å². The van der Waals surface area contributed by atoms with Crippen LogP contribution in [0.2, 0.25) is 5.02 Å². The van der Waals surface area contributed by atoms with E-state index in [4.69, 9.17) is 20.8 Å². The number of oxazole rings is 1. The van der Waals surface area contributed by atoms with E-state index in [9.17, 15) is 4.39 Å².